The fourth-order valence-electron chi connectivity index (χ4n) is 1.87. The van der Waals surface area contributed by atoms with Crippen LogP contribution in [0.5, 0.6) is 0 Å². The first kappa shape index (κ1) is 16.8. The number of benzene rings is 1. The molecule has 0 saturated heterocycles. The van der Waals surface area contributed by atoms with E-state index in [1.807, 2.05) is 6.92 Å². The van der Waals surface area contributed by atoms with Crippen molar-refractivity contribution >= 4 is 23.4 Å². The first-order chi connectivity index (χ1) is 9.52. The quantitative estimate of drug-likeness (QED) is 0.438. The van der Waals surface area contributed by atoms with Crippen LogP contribution in [-0.4, -0.2) is 17.7 Å². The summed E-state index contributed by atoms with van der Waals surface area (Å²) < 4.78 is 13.5. The fraction of sp³-hybridized carbons (Fsp3) is 0.533. The Morgan fingerprint density at radius 3 is 2.85 bits per heavy atom. The topological polar surface area (TPSA) is 55.1 Å². The van der Waals surface area contributed by atoms with E-state index >= 15 is 0 Å². The minimum atomic E-state index is -0.376. The Morgan fingerprint density at radius 1 is 1.45 bits per heavy atom. The monoisotopic (exact) mass is 298 g/mol. The van der Waals surface area contributed by atoms with Crippen molar-refractivity contribution in [1.82, 2.24) is 5.32 Å². The van der Waals surface area contributed by atoms with Gasteiger partial charge in [0.05, 0.1) is 5.75 Å². The molecule has 1 atom stereocenters. The molecule has 1 rings (SSSR count). The summed E-state index contributed by atoms with van der Waals surface area (Å²) in [5.41, 5.74) is 5.87. The lowest BCUT2D eigenvalue weighted by atomic mass is 10.1. The predicted molar refractivity (Wildman–Crippen MR) is 83.3 cm³/mol. The summed E-state index contributed by atoms with van der Waals surface area (Å²) in [5.74, 6) is -0.215. The number of rotatable bonds is 8. The van der Waals surface area contributed by atoms with E-state index in [1.165, 1.54) is 30.7 Å². The summed E-state index contributed by atoms with van der Waals surface area (Å²) in [5, 5.41) is 2.93. The number of halogens is 1. The number of nitrogens with two attached hydrogens (primary N) is 1. The number of carbonyl (C=O) groups is 1. The Labute approximate surface area is 124 Å². The number of unbranched alkanes of at least 4 members (excludes halogenated alkanes) is 2. The maximum atomic E-state index is 13.5. The summed E-state index contributed by atoms with van der Waals surface area (Å²) in [6, 6.07) is 4.68. The first-order valence-electron chi connectivity index (χ1n) is 7.00. The molecule has 5 heteroatoms. The van der Waals surface area contributed by atoms with Gasteiger partial charge in [-0.15, -0.1) is 11.8 Å². The Bertz CT molecular complexity index is 440. The molecule has 112 valence electrons. The maximum Gasteiger partial charge on any atom is 0.230 e. The van der Waals surface area contributed by atoms with Crippen LogP contribution in [0.25, 0.3) is 0 Å². The highest BCUT2D eigenvalue weighted by Gasteiger charge is 2.09. The lowest BCUT2D eigenvalue weighted by molar-refractivity contribution is -0.119. The number of anilines is 1. The van der Waals surface area contributed by atoms with Crippen molar-refractivity contribution < 1.29 is 9.18 Å². The summed E-state index contributed by atoms with van der Waals surface area (Å²) in [6.07, 6.45) is 4.47. The van der Waals surface area contributed by atoms with Gasteiger partial charge in [-0.1, -0.05) is 26.2 Å². The third kappa shape index (κ3) is 6.28. The standard InChI is InChI=1S/C15H23FN2OS/c1-3-4-5-6-11(2)18-15(19)10-20-14-8-7-12(17)9-13(14)16/h7-9,11H,3-6,10,17H2,1-2H3,(H,18,19). The second kappa shape index (κ2) is 8.84. The van der Waals surface area contributed by atoms with Gasteiger partial charge in [-0.25, -0.2) is 4.39 Å². The van der Waals surface area contributed by atoms with Gasteiger partial charge in [-0.2, -0.15) is 0 Å². The van der Waals surface area contributed by atoms with Crippen molar-refractivity contribution in [2.24, 2.45) is 0 Å². The molecule has 0 aromatic heterocycles. The van der Waals surface area contributed by atoms with Crippen molar-refractivity contribution in [3.63, 3.8) is 0 Å². The van der Waals surface area contributed by atoms with Crippen molar-refractivity contribution in [1.29, 1.82) is 0 Å². The van der Waals surface area contributed by atoms with Gasteiger partial charge in [-0.3, -0.25) is 4.79 Å². The summed E-state index contributed by atoms with van der Waals surface area (Å²) in [4.78, 5) is 12.2. The van der Waals surface area contributed by atoms with Crippen LogP contribution in [-0.2, 0) is 4.79 Å². The van der Waals surface area contributed by atoms with Crippen LogP contribution >= 0.6 is 11.8 Å². The number of hydrogen-bond acceptors (Lipinski definition) is 3. The third-order valence-electron chi connectivity index (χ3n) is 2.96. The van der Waals surface area contributed by atoms with Gasteiger partial charge in [0.2, 0.25) is 5.91 Å². The molecule has 0 heterocycles. The van der Waals surface area contributed by atoms with Crippen LogP contribution < -0.4 is 11.1 Å². The zero-order valence-electron chi connectivity index (χ0n) is 12.1. The van der Waals surface area contributed by atoms with Gasteiger partial charge in [0, 0.05) is 16.6 Å². The van der Waals surface area contributed by atoms with Gasteiger partial charge in [0.1, 0.15) is 5.82 Å². The van der Waals surface area contributed by atoms with E-state index in [1.54, 1.807) is 12.1 Å². The fourth-order valence-corrected chi connectivity index (χ4v) is 2.60. The molecule has 0 spiro atoms. The van der Waals surface area contributed by atoms with Crippen LogP contribution in [0.2, 0.25) is 0 Å². The van der Waals surface area contributed by atoms with Gasteiger partial charge < -0.3 is 11.1 Å². The van der Waals surface area contributed by atoms with E-state index in [9.17, 15) is 9.18 Å². The highest BCUT2D eigenvalue weighted by Crippen LogP contribution is 2.23. The molecule has 0 fully saturated rings. The van der Waals surface area contributed by atoms with Crippen LogP contribution in [0.15, 0.2) is 23.1 Å². The number of nitrogens with one attached hydrogen (secondary N) is 1. The summed E-state index contributed by atoms with van der Waals surface area (Å²) in [7, 11) is 0. The van der Waals surface area contributed by atoms with Crippen LogP contribution in [0, 0.1) is 5.82 Å². The first-order valence-corrected chi connectivity index (χ1v) is 7.98. The van der Waals surface area contributed by atoms with E-state index in [-0.39, 0.29) is 23.5 Å². The lowest BCUT2D eigenvalue weighted by Gasteiger charge is -2.13. The highest BCUT2D eigenvalue weighted by molar-refractivity contribution is 8.00. The Kier molecular flexibility index (Phi) is 7.44. The molecule has 1 aromatic carbocycles. The number of thioether (sulfide) groups is 1. The van der Waals surface area contributed by atoms with Crippen molar-refractivity contribution in [3.8, 4) is 0 Å². The minimum absolute atomic E-state index is 0.0600. The zero-order valence-corrected chi connectivity index (χ0v) is 12.9. The normalized spacial score (nSPS) is 12.2. The van der Waals surface area contributed by atoms with Crippen LogP contribution in [0.3, 0.4) is 0 Å². The number of amides is 1. The molecular formula is C15H23FN2OS. The second-order valence-corrected chi connectivity index (χ2v) is 5.96. The molecule has 0 bridgehead atoms. The van der Waals surface area contributed by atoms with Crippen LogP contribution in [0.1, 0.15) is 39.5 Å². The maximum absolute atomic E-state index is 13.5. The number of carbonyl (C=O) groups excluding carboxylic acids is 1. The summed E-state index contributed by atoms with van der Waals surface area (Å²) >= 11 is 1.19. The van der Waals surface area contributed by atoms with Crippen molar-refractivity contribution in [2.45, 2.75) is 50.5 Å². The van der Waals surface area contributed by atoms with Gasteiger partial charge in [-0.05, 0) is 31.5 Å². The predicted octanol–water partition coefficient (Wildman–Crippen LogP) is 3.59. The minimum Gasteiger partial charge on any atom is -0.399 e. The molecule has 0 saturated carbocycles. The van der Waals surface area contributed by atoms with E-state index in [2.05, 4.69) is 12.2 Å². The van der Waals surface area contributed by atoms with E-state index in [4.69, 9.17) is 5.73 Å². The number of hydrogen-bond donors (Lipinski definition) is 2. The zero-order chi connectivity index (χ0) is 15.0. The molecule has 0 aliphatic heterocycles. The smallest absolute Gasteiger partial charge is 0.230 e. The molecule has 0 aliphatic carbocycles. The third-order valence-corrected chi connectivity index (χ3v) is 4.01. The molecule has 1 amide bonds. The van der Waals surface area contributed by atoms with Gasteiger partial charge in [0.25, 0.3) is 0 Å². The molecule has 0 radical (unpaired) electrons. The molecular weight excluding hydrogens is 275 g/mol. The Hall–Kier alpha value is -1.23. The molecule has 1 aromatic rings. The van der Waals surface area contributed by atoms with Crippen molar-refractivity contribution in [3.05, 3.63) is 24.0 Å². The van der Waals surface area contributed by atoms with E-state index in [0.717, 1.165) is 12.8 Å². The van der Waals surface area contributed by atoms with E-state index in [0.29, 0.717) is 10.6 Å². The molecule has 3 nitrogen and oxygen atoms in total. The largest absolute Gasteiger partial charge is 0.399 e. The summed E-state index contributed by atoms with van der Waals surface area (Å²) in [6.45, 7) is 4.16. The van der Waals surface area contributed by atoms with E-state index < -0.39 is 0 Å². The molecule has 1 unspecified atom stereocenters. The van der Waals surface area contributed by atoms with Gasteiger partial charge in [0.15, 0.2) is 0 Å². The Morgan fingerprint density at radius 2 is 2.20 bits per heavy atom. The SMILES string of the molecule is CCCCCC(C)NC(=O)CSc1ccc(N)cc1F. The average molecular weight is 298 g/mol. The van der Waals surface area contributed by atoms with Gasteiger partial charge >= 0.3 is 0 Å². The van der Waals surface area contributed by atoms with Crippen molar-refractivity contribution in [2.75, 3.05) is 11.5 Å². The van der Waals surface area contributed by atoms with Crippen LogP contribution in [0.4, 0.5) is 10.1 Å². The average Bonchev–Trinajstić information content (AvgIpc) is 2.38. The highest BCUT2D eigenvalue weighted by atomic mass is 32.2. The molecule has 0 aliphatic rings. The molecule has 3 N–H and O–H groups in total. The lowest BCUT2D eigenvalue weighted by Crippen LogP contribution is -2.33. The second-order valence-electron chi connectivity index (χ2n) is 4.94. The Balaban J connectivity index is 2.32. The number of nitrogen functional groups attached to an aromatic ring is 1. The molecule has 20 heavy (non-hydrogen) atoms.